The van der Waals surface area contributed by atoms with Gasteiger partial charge in [0.25, 0.3) is 0 Å². The summed E-state index contributed by atoms with van der Waals surface area (Å²) >= 11 is 1.18. The molecule has 144 valence electrons. The molecule has 0 aliphatic heterocycles. The molecule has 3 rings (SSSR count). The Hall–Kier alpha value is -2.78. The maximum atomic E-state index is 11.5. The third kappa shape index (κ3) is 3.90. The first-order valence-electron chi connectivity index (χ1n) is 8.97. The first-order valence-corrected chi connectivity index (χ1v) is 9.79. The van der Waals surface area contributed by atoms with Gasteiger partial charge in [0, 0.05) is 22.0 Å². The van der Waals surface area contributed by atoms with E-state index in [4.69, 9.17) is 0 Å². The number of pyridine rings is 1. The van der Waals surface area contributed by atoms with Crippen molar-refractivity contribution in [2.24, 2.45) is 0 Å². The van der Waals surface area contributed by atoms with Crippen LogP contribution in [0.3, 0.4) is 0 Å². The van der Waals surface area contributed by atoms with Gasteiger partial charge >= 0.3 is 5.97 Å². The van der Waals surface area contributed by atoms with Crippen LogP contribution in [0.2, 0.25) is 0 Å². The lowest BCUT2D eigenvalue weighted by Gasteiger charge is -2.19. The minimum atomic E-state index is -1.03. The third-order valence-electron chi connectivity index (χ3n) is 4.62. The quantitative estimate of drug-likeness (QED) is 0.583. The smallest absolute Gasteiger partial charge is 0.319 e. The first kappa shape index (κ1) is 20.0. The van der Waals surface area contributed by atoms with Gasteiger partial charge in [-0.25, -0.2) is 0 Å². The third-order valence-corrected chi connectivity index (χ3v) is 5.87. The second-order valence-electron chi connectivity index (χ2n) is 8.33. The van der Waals surface area contributed by atoms with Crippen LogP contribution in [0.5, 0.6) is 0 Å². The van der Waals surface area contributed by atoms with Crippen LogP contribution in [0.15, 0.2) is 41.4 Å². The number of hydrogen-bond donors (Lipinski definition) is 2. The van der Waals surface area contributed by atoms with E-state index in [1.807, 2.05) is 18.2 Å². The number of benzene rings is 1. The summed E-state index contributed by atoms with van der Waals surface area (Å²) in [5.41, 5.74) is 4.19. The van der Waals surface area contributed by atoms with E-state index in [0.717, 1.165) is 22.3 Å². The highest BCUT2D eigenvalue weighted by molar-refractivity contribution is 8.01. The Morgan fingerprint density at radius 3 is 2.50 bits per heavy atom. The molecule has 6 heteroatoms. The lowest BCUT2D eigenvalue weighted by molar-refractivity contribution is -0.138. The molecule has 0 radical (unpaired) electrons. The maximum Gasteiger partial charge on any atom is 0.319 e. The predicted molar refractivity (Wildman–Crippen MR) is 113 cm³/mol. The van der Waals surface area contributed by atoms with Gasteiger partial charge in [-0.15, -0.1) is 11.8 Å². The Bertz CT molecular complexity index is 1100. The fourth-order valence-corrected chi connectivity index (χ4v) is 3.87. The number of fused-ring (bicyclic) bond motifs is 1. The van der Waals surface area contributed by atoms with Gasteiger partial charge in [-0.1, -0.05) is 20.8 Å². The lowest BCUT2D eigenvalue weighted by atomic mass is 9.87. The zero-order valence-electron chi connectivity index (χ0n) is 16.6. The Kier molecular flexibility index (Phi) is 4.99. The summed E-state index contributed by atoms with van der Waals surface area (Å²) in [5, 5.41) is 19.8. The van der Waals surface area contributed by atoms with Gasteiger partial charge in [0.2, 0.25) is 0 Å². The highest BCUT2D eigenvalue weighted by atomic mass is 32.2. The Balaban J connectivity index is 2.08. The van der Waals surface area contributed by atoms with Crippen molar-refractivity contribution in [2.45, 2.75) is 49.7 Å². The lowest BCUT2D eigenvalue weighted by Crippen LogP contribution is -2.27. The minimum Gasteiger partial charge on any atom is -0.480 e. The van der Waals surface area contributed by atoms with Crippen LogP contribution < -0.4 is 0 Å². The SMILES string of the molecule is CC(C)(Sc1cc2cc(-c3cc(C(C)(C)C)ccn3)[nH]c2cc1C#N)C(=O)O. The summed E-state index contributed by atoms with van der Waals surface area (Å²) in [4.78, 5) is 20.0. The van der Waals surface area contributed by atoms with Crippen molar-refractivity contribution in [2.75, 3.05) is 0 Å². The highest BCUT2D eigenvalue weighted by Gasteiger charge is 2.29. The van der Waals surface area contributed by atoms with Gasteiger partial charge in [-0.05, 0) is 55.2 Å². The molecule has 2 aromatic heterocycles. The molecule has 0 spiro atoms. The van der Waals surface area contributed by atoms with Gasteiger partial charge in [-0.2, -0.15) is 5.26 Å². The number of nitrogens with one attached hydrogen (secondary N) is 1. The highest BCUT2D eigenvalue weighted by Crippen LogP contribution is 2.37. The predicted octanol–water partition coefficient (Wildman–Crippen LogP) is 5.35. The molecule has 5 nitrogen and oxygen atoms in total. The molecule has 3 aromatic rings. The molecular weight excluding hydrogens is 370 g/mol. The zero-order chi connectivity index (χ0) is 20.7. The number of carbonyl (C=O) groups is 1. The van der Waals surface area contributed by atoms with Crippen LogP contribution in [-0.4, -0.2) is 25.8 Å². The second-order valence-corrected chi connectivity index (χ2v) is 9.99. The van der Waals surface area contributed by atoms with Crippen LogP contribution in [0.25, 0.3) is 22.3 Å². The molecule has 0 saturated heterocycles. The van der Waals surface area contributed by atoms with E-state index in [2.05, 4.69) is 42.9 Å². The van der Waals surface area contributed by atoms with Gasteiger partial charge in [-0.3, -0.25) is 9.78 Å². The number of nitrogens with zero attached hydrogens (tertiary/aromatic N) is 2. The number of nitriles is 1. The molecule has 0 aliphatic carbocycles. The molecule has 0 amide bonds. The second kappa shape index (κ2) is 6.99. The van der Waals surface area contributed by atoms with Crippen LogP contribution in [0.1, 0.15) is 45.7 Å². The minimum absolute atomic E-state index is 0.0178. The van der Waals surface area contributed by atoms with E-state index in [1.54, 1.807) is 26.1 Å². The molecule has 0 bridgehead atoms. The Morgan fingerprint density at radius 1 is 1.18 bits per heavy atom. The van der Waals surface area contributed by atoms with Crippen molar-refractivity contribution in [3.05, 3.63) is 47.7 Å². The number of aliphatic carboxylic acids is 1. The van der Waals surface area contributed by atoms with E-state index in [-0.39, 0.29) is 5.41 Å². The van der Waals surface area contributed by atoms with Crippen molar-refractivity contribution < 1.29 is 9.90 Å². The summed E-state index contributed by atoms with van der Waals surface area (Å²) < 4.78 is -1.03. The molecule has 0 fully saturated rings. The molecule has 1 aromatic carbocycles. The summed E-state index contributed by atoms with van der Waals surface area (Å²) in [5.74, 6) is -0.917. The number of hydrogen-bond acceptors (Lipinski definition) is 4. The summed E-state index contributed by atoms with van der Waals surface area (Å²) in [7, 11) is 0. The van der Waals surface area contributed by atoms with E-state index in [0.29, 0.717) is 10.5 Å². The van der Waals surface area contributed by atoms with Crippen molar-refractivity contribution >= 4 is 28.6 Å². The number of aromatic nitrogens is 2. The normalized spacial score (nSPS) is 12.1. The number of carboxylic acid groups (broad SMARTS) is 1. The number of thioether (sulfide) groups is 1. The molecule has 2 N–H and O–H groups in total. The molecule has 0 aliphatic rings. The van der Waals surface area contributed by atoms with Gasteiger partial charge in [0.1, 0.15) is 10.8 Å². The monoisotopic (exact) mass is 393 g/mol. The fraction of sp³-hybridized carbons (Fsp3) is 0.318. The van der Waals surface area contributed by atoms with E-state index < -0.39 is 10.7 Å². The first-order chi connectivity index (χ1) is 13.0. The number of aromatic amines is 1. The standard InChI is InChI=1S/C22H23N3O2S/c1-21(2,3)15-6-7-24-17(11-15)18-8-13-10-19(28-22(4,5)20(26)27)14(12-23)9-16(13)25-18/h6-11,25H,1-5H3,(H,26,27). The van der Waals surface area contributed by atoms with E-state index >= 15 is 0 Å². The van der Waals surface area contributed by atoms with Crippen LogP contribution >= 0.6 is 11.8 Å². The number of H-pyrrole nitrogens is 1. The Labute approximate surface area is 168 Å². The Morgan fingerprint density at radius 2 is 1.89 bits per heavy atom. The number of carboxylic acids is 1. The summed E-state index contributed by atoms with van der Waals surface area (Å²) in [6, 6.07) is 11.9. The molecular formula is C22H23N3O2S. The summed E-state index contributed by atoms with van der Waals surface area (Å²) in [6.45, 7) is 9.74. The van der Waals surface area contributed by atoms with Crippen molar-refractivity contribution in [1.82, 2.24) is 9.97 Å². The topological polar surface area (TPSA) is 89.8 Å². The maximum absolute atomic E-state index is 11.5. The van der Waals surface area contributed by atoms with Crippen molar-refractivity contribution in [3.63, 3.8) is 0 Å². The zero-order valence-corrected chi connectivity index (χ0v) is 17.4. The van der Waals surface area contributed by atoms with E-state index in [9.17, 15) is 15.2 Å². The number of rotatable bonds is 4. The molecule has 0 atom stereocenters. The fourth-order valence-electron chi connectivity index (χ4n) is 2.83. The van der Waals surface area contributed by atoms with Gasteiger partial charge in [0.05, 0.1) is 17.0 Å². The average Bonchev–Trinajstić information content (AvgIpc) is 3.02. The molecule has 28 heavy (non-hydrogen) atoms. The molecule has 0 saturated carbocycles. The van der Waals surface area contributed by atoms with Crippen LogP contribution in [0, 0.1) is 11.3 Å². The van der Waals surface area contributed by atoms with Gasteiger partial charge < -0.3 is 10.1 Å². The van der Waals surface area contributed by atoms with Crippen molar-refractivity contribution in [1.29, 1.82) is 5.26 Å². The summed E-state index contributed by atoms with van der Waals surface area (Å²) in [6.07, 6.45) is 1.80. The largest absolute Gasteiger partial charge is 0.480 e. The van der Waals surface area contributed by atoms with Crippen LogP contribution in [0.4, 0.5) is 0 Å². The average molecular weight is 394 g/mol. The molecule has 0 unspecified atom stereocenters. The van der Waals surface area contributed by atoms with Crippen LogP contribution in [-0.2, 0) is 10.2 Å². The molecule has 2 heterocycles. The van der Waals surface area contributed by atoms with E-state index in [1.165, 1.54) is 17.3 Å². The van der Waals surface area contributed by atoms with Gasteiger partial charge in [0.15, 0.2) is 0 Å². The van der Waals surface area contributed by atoms with Crippen molar-refractivity contribution in [3.8, 4) is 17.5 Å².